The number of H-pyrrole nitrogens is 2. The Kier molecular flexibility index (Phi) is 6.19. The molecule has 8 aromatic rings. The molecule has 0 saturated heterocycles. The molecule has 10 rings (SSSR count). The lowest BCUT2D eigenvalue weighted by atomic mass is 10.1. The fourth-order valence-electron chi connectivity index (χ4n) is 6.65. The highest BCUT2D eigenvalue weighted by Gasteiger charge is 2.28. The molecule has 4 aromatic heterocycles. The number of nitrogens with zero attached hydrogens (tertiary/aromatic N) is 9. The number of aromatic amines is 2. The molecular weight excluding hydrogens is 691 g/mol. The molecule has 8 bridgehead atoms. The van der Waals surface area contributed by atoms with Crippen LogP contribution in [0, 0.1) is 11.8 Å². The van der Waals surface area contributed by atoms with E-state index in [4.69, 9.17) is 35.0 Å². The summed E-state index contributed by atoms with van der Waals surface area (Å²) in [5.74, 6) is -1.92. The molecule has 17 heteroatoms. The van der Waals surface area contributed by atoms with Crippen LogP contribution in [0.5, 0.6) is 0 Å². The summed E-state index contributed by atoms with van der Waals surface area (Å²) >= 11 is 0. The third kappa shape index (κ3) is 4.42. The van der Waals surface area contributed by atoms with Crippen LogP contribution in [0.25, 0.3) is 101 Å². The van der Waals surface area contributed by atoms with Gasteiger partial charge in [-0.2, -0.15) is 8.78 Å². The lowest BCUT2D eigenvalue weighted by molar-refractivity contribution is 0.455. The average molecular weight is 709 g/mol. The second kappa shape index (κ2) is 10.8. The first-order chi connectivity index (χ1) is 25.2. The summed E-state index contributed by atoms with van der Waals surface area (Å²) in [5.41, 5.74) is 2.67. The highest BCUT2D eigenvalue weighted by Crippen LogP contribution is 2.40. The molecule has 0 spiro atoms. The van der Waals surface area contributed by atoms with Gasteiger partial charge in [-0.3, -0.25) is 0 Å². The lowest BCUT2D eigenvalue weighted by Crippen LogP contribution is -2.15. The van der Waals surface area contributed by atoms with Crippen LogP contribution < -0.4 is 5.14 Å². The number of fused-ring (bicyclic) bond motifs is 20. The normalized spacial score (nSPS) is 12.3. The first-order valence-corrected chi connectivity index (χ1v) is 17.1. The molecular formula is C35H18F2N12O2S. The zero-order valence-electron chi connectivity index (χ0n) is 26.2. The number of nitrogens with one attached hydrogen (secondary N) is 2. The molecule has 2 aliphatic rings. The molecule has 0 atom stereocenters. The van der Waals surface area contributed by atoms with Gasteiger partial charge in [0.15, 0.2) is 23.3 Å². The molecule has 250 valence electrons. The van der Waals surface area contributed by atoms with Crippen molar-refractivity contribution in [3.63, 3.8) is 0 Å². The van der Waals surface area contributed by atoms with Crippen molar-refractivity contribution in [3.05, 3.63) is 96.7 Å². The van der Waals surface area contributed by atoms with E-state index in [1.807, 2.05) is 60.7 Å². The summed E-state index contributed by atoms with van der Waals surface area (Å²) in [4.78, 5) is 35.0. The minimum Gasteiger partial charge on any atom is -0.324 e. The van der Waals surface area contributed by atoms with Crippen LogP contribution in [0.1, 0.15) is 0 Å². The van der Waals surface area contributed by atoms with E-state index in [0.29, 0.717) is 45.2 Å². The smallest absolute Gasteiger partial charge is 0.272 e. The highest BCUT2D eigenvalue weighted by atomic mass is 32.2. The Balaban J connectivity index is 1.43. The molecule has 2 aliphatic heterocycles. The third-order valence-corrected chi connectivity index (χ3v) is 9.87. The maximum Gasteiger partial charge on any atom is 0.272 e. The van der Waals surface area contributed by atoms with Gasteiger partial charge in [0.1, 0.15) is 33.2 Å². The first kappa shape index (κ1) is 29.9. The standard InChI is InChI=1S/C35H18F2N12O2S/c36-24-25(47-49-48-27(24)37)22-14-13-21-23(26(22)52(38,50)51)35-45-33-20-12-6-5-11-19(20)31(43-33)41-29-16-8-2-1-7-15(16)28(39-29)40-30-17-9-3-4-10-18(17)32(42-30)44-34(21)46-35/h1-14H,(H2,38,50,51)(H2,39,40,41,42,43,44,45,46). The number of halogens is 2. The zero-order valence-corrected chi connectivity index (χ0v) is 27.0. The second-order valence-electron chi connectivity index (χ2n) is 11.9. The molecule has 52 heavy (non-hydrogen) atoms. The van der Waals surface area contributed by atoms with Crippen LogP contribution in [0.4, 0.5) is 8.78 Å². The van der Waals surface area contributed by atoms with Gasteiger partial charge >= 0.3 is 0 Å². The molecule has 14 nitrogen and oxygen atoms in total. The summed E-state index contributed by atoms with van der Waals surface area (Å²) in [5, 5.41) is 17.5. The summed E-state index contributed by atoms with van der Waals surface area (Å²) in [6, 6.07) is 25.1. The molecule has 6 heterocycles. The van der Waals surface area contributed by atoms with Crippen molar-refractivity contribution in [1.29, 1.82) is 0 Å². The maximum atomic E-state index is 15.1. The van der Waals surface area contributed by atoms with E-state index in [0.717, 1.165) is 10.8 Å². The van der Waals surface area contributed by atoms with Crippen molar-refractivity contribution < 1.29 is 17.2 Å². The Morgan fingerprint density at radius 3 is 1.50 bits per heavy atom. The van der Waals surface area contributed by atoms with Crippen molar-refractivity contribution >= 4 is 54.2 Å². The molecule has 4 N–H and O–H groups in total. The molecule has 0 amide bonds. The van der Waals surface area contributed by atoms with Crippen molar-refractivity contribution in [2.24, 2.45) is 5.14 Å². The highest BCUT2D eigenvalue weighted by molar-refractivity contribution is 7.89. The number of hydrogen-bond donors (Lipinski definition) is 3. The fraction of sp³-hybridized carbons (Fsp3) is 0. The number of rotatable bonds is 2. The van der Waals surface area contributed by atoms with E-state index >= 15 is 4.39 Å². The molecule has 4 aromatic carbocycles. The second-order valence-corrected chi connectivity index (χ2v) is 13.4. The quantitative estimate of drug-likeness (QED) is 0.200. The van der Waals surface area contributed by atoms with Gasteiger partial charge in [-0.05, 0) is 11.3 Å². The van der Waals surface area contributed by atoms with E-state index in [-0.39, 0.29) is 39.3 Å². The number of hydrogen-bond acceptors (Lipinski definition) is 11. The van der Waals surface area contributed by atoms with Gasteiger partial charge in [0.25, 0.3) is 5.95 Å². The average Bonchev–Trinajstić information content (AvgIpc) is 3.88. The molecule has 0 saturated carbocycles. The predicted molar refractivity (Wildman–Crippen MR) is 186 cm³/mol. The van der Waals surface area contributed by atoms with E-state index in [1.54, 1.807) is 12.1 Å². The van der Waals surface area contributed by atoms with Gasteiger partial charge in [-0.1, -0.05) is 84.0 Å². The van der Waals surface area contributed by atoms with E-state index in [2.05, 4.69) is 25.4 Å². The van der Waals surface area contributed by atoms with Gasteiger partial charge < -0.3 is 9.97 Å². The number of benzene rings is 4. The van der Waals surface area contributed by atoms with Crippen LogP contribution >= 0.6 is 0 Å². The molecule has 0 fully saturated rings. The van der Waals surface area contributed by atoms with Crippen LogP contribution in [0.15, 0.2) is 89.8 Å². The Labute approximate surface area is 289 Å². The fourth-order valence-corrected chi connectivity index (χ4v) is 7.61. The predicted octanol–water partition coefficient (Wildman–Crippen LogP) is 5.65. The van der Waals surface area contributed by atoms with Crippen molar-refractivity contribution in [2.75, 3.05) is 0 Å². The minimum absolute atomic E-state index is 0.0437. The third-order valence-electron chi connectivity index (χ3n) is 8.88. The van der Waals surface area contributed by atoms with E-state index in [1.165, 1.54) is 12.1 Å². The Morgan fingerprint density at radius 2 is 0.981 bits per heavy atom. The van der Waals surface area contributed by atoms with Crippen molar-refractivity contribution in [1.82, 2.24) is 55.3 Å². The van der Waals surface area contributed by atoms with Crippen LogP contribution in [-0.2, 0) is 10.0 Å². The summed E-state index contributed by atoms with van der Waals surface area (Å²) in [6.07, 6.45) is 0. The van der Waals surface area contributed by atoms with Gasteiger partial charge in [0.2, 0.25) is 15.8 Å². The van der Waals surface area contributed by atoms with Gasteiger partial charge in [0, 0.05) is 49.4 Å². The number of primary sulfonamides is 1. The van der Waals surface area contributed by atoms with Gasteiger partial charge in [0.05, 0.1) is 0 Å². The topological polar surface area (TPSA) is 208 Å². The van der Waals surface area contributed by atoms with E-state index < -0.39 is 32.4 Å². The van der Waals surface area contributed by atoms with Crippen LogP contribution in [-0.4, -0.2) is 63.7 Å². The number of sulfonamides is 1. The van der Waals surface area contributed by atoms with Crippen molar-refractivity contribution in [2.45, 2.75) is 4.90 Å². The SMILES string of the molecule is NS(=O)(=O)c1c(-c2nnnc(F)c2F)ccc2c3nc4nc(nc5[nH]c(nc6nc(nc([nH]3)c12)-c1ccccc1-6)c1ccccc51)-c1ccccc1-4. The number of nitrogens with two attached hydrogens (primary N) is 1. The molecule has 0 unspecified atom stereocenters. The summed E-state index contributed by atoms with van der Waals surface area (Å²) < 4.78 is 56.3. The minimum atomic E-state index is -4.70. The summed E-state index contributed by atoms with van der Waals surface area (Å²) in [6.45, 7) is 0. The monoisotopic (exact) mass is 708 g/mol. The van der Waals surface area contributed by atoms with Gasteiger partial charge in [-0.15, -0.1) is 5.10 Å². The first-order valence-electron chi connectivity index (χ1n) is 15.6. The van der Waals surface area contributed by atoms with Gasteiger partial charge in [-0.25, -0.2) is 43.5 Å². The van der Waals surface area contributed by atoms with Crippen molar-refractivity contribution in [3.8, 4) is 56.8 Å². The zero-order chi connectivity index (χ0) is 35.3. The Bertz CT molecular complexity index is 3160. The number of aromatic nitrogens is 11. The Morgan fingerprint density at radius 1 is 0.519 bits per heavy atom. The molecule has 0 aliphatic carbocycles. The van der Waals surface area contributed by atoms with Crippen LogP contribution in [0.2, 0.25) is 0 Å². The Hall–Kier alpha value is -6.98. The maximum absolute atomic E-state index is 15.1. The summed E-state index contributed by atoms with van der Waals surface area (Å²) in [7, 11) is -4.70. The molecule has 0 radical (unpaired) electrons. The largest absolute Gasteiger partial charge is 0.324 e. The van der Waals surface area contributed by atoms with Crippen LogP contribution in [0.3, 0.4) is 0 Å². The van der Waals surface area contributed by atoms with E-state index in [9.17, 15) is 12.8 Å². The lowest BCUT2D eigenvalue weighted by Gasteiger charge is -2.09.